The van der Waals surface area contributed by atoms with Crippen LogP contribution in [0.3, 0.4) is 0 Å². The molecule has 5 rings (SSSR count). The first-order chi connectivity index (χ1) is 14.9. The molecular weight excluding hydrogens is 410 g/mol. The fourth-order valence-corrected chi connectivity index (χ4v) is 5.95. The monoisotopic (exact) mass is 441 g/mol. The van der Waals surface area contributed by atoms with Gasteiger partial charge in [0.05, 0.1) is 17.9 Å². The minimum Gasteiger partial charge on any atom is -0.489 e. The van der Waals surface area contributed by atoms with Crippen molar-refractivity contribution < 1.29 is 9.53 Å². The molecular formula is C23H31N5O2S. The van der Waals surface area contributed by atoms with Crippen molar-refractivity contribution in [1.82, 2.24) is 15.6 Å². The van der Waals surface area contributed by atoms with Crippen LogP contribution in [0.15, 0.2) is 18.2 Å². The van der Waals surface area contributed by atoms with E-state index < -0.39 is 0 Å². The lowest BCUT2D eigenvalue weighted by molar-refractivity contribution is 0.0901. The molecule has 3 aliphatic heterocycles. The molecule has 1 fully saturated rings. The molecule has 0 bridgehead atoms. The number of carbonyl (C=O) groups is 1. The molecule has 0 saturated carbocycles. The van der Waals surface area contributed by atoms with E-state index in [9.17, 15) is 4.79 Å². The van der Waals surface area contributed by atoms with Gasteiger partial charge in [0.25, 0.3) is 5.91 Å². The number of rotatable bonds is 4. The average Bonchev–Trinajstić information content (AvgIpc) is 3.17. The van der Waals surface area contributed by atoms with Crippen molar-refractivity contribution in [2.45, 2.75) is 51.6 Å². The molecule has 4 heterocycles. The van der Waals surface area contributed by atoms with Crippen LogP contribution in [-0.2, 0) is 6.42 Å². The molecule has 1 aromatic heterocycles. The van der Waals surface area contributed by atoms with E-state index in [0.29, 0.717) is 12.6 Å². The predicted molar refractivity (Wildman–Crippen MR) is 125 cm³/mol. The van der Waals surface area contributed by atoms with Crippen molar-refractivity contribution in [1.29, 1.82) is 0 Å². The Morgan fingerprint density at radius 1 is 1.32 bits per heavy atom. The van der Waals surface area contributed by atoms with E-state index in [2.05, 4.69) is 45.6 Å². The molecule has 1 saturated heterocycles. The zero-order valence-electron chi connectivity index (χ0n) is 18.5. The number of carbonyl (C=O) groups excluding carboxylic acids is 1. The normalized spacial score (nSPS) is 20.5. The number of ether oxygens (including phenoxy) is 1. The Balaban J connectivity index is 1.44. The van der Waals surface area contributed by atoms with Gasteiger partial charge in [-0.25, -0.2) is 4.98 Å². The van der Waals surface area contributed by atoms with Crippen LogP contribution in [0.25, 0.3) is 0 Å². The Bertz CT molecular complexity index is 982. The molecule has 8 heteroatoms. The molecule has 166 valence electrons. The molecule has 1 amide bonds. The quantitative estimate of drug-likeness (QED) is 0.759. The van der Waals surface area contributed by atoms with E-state index in [1.807, 2.05) is 13.8 Å². The van der Waals surface area contributed by atoms with Crippen molar-refractivity contribution in [3.8, 4) is 5.75 Å². The maximum Gasteiger partial charge on any atom is 0.263 e. The van der Waals surface area contributed by atoms with Gasteiger partial charge in [-0.1, -0.05) is 11.3 Å². The van der Waals surface area contributed by atoms with Crippen molar-refractivity contribution >= 4 is 33.8 Å². The molecule has 0 aliphatic carbocycles. The van der Waals surface area contributed by atoms with Gasteiger partial charge in [-0.05, 0) is 58.8 Å². The second kappa shape index (κ2) is 7.98. The lowest BCUT2D eigenvalue weighted by Gasteiger charge is -2.37. The van der Waals surface area contributed by atoms with Crippen LogP contribution >= 0.6 is 11.3 Å². The summed E-state index contributed by atoms with van der Waals surface area (Å²) < 4.78 is 6.07. The Labute approximate surface area is 187 Å². The fourth-order valence-electron chi connectivity index (χ4n) is 4.93. The summed E-state index contributed by atoms with van der Waals surface area (Å²) in [4.78, 5) is 22.9. The summed E-state index contributed by atoms with van der Waals surface area (Å²) in [5.74, 6) is 0.883. The van der Waals surface area contributed by atoms with Crippen molar-refractivity contribution in [3.05, 3.63) is 28.8 Å². The second-order valence-corrected chi connectivity index (χ2v) is 10.2. The third-order valence-corrected chi connectivity index (χ3v) is 7.53. The molecule has 0 unspecified atom stereocenters. The zero-order chi connectivity index (χ0) is 21.6. The largest absolute Gasteiger partial charge is 0.489 e. The highest BCUT2D eigenvalue weighted by Gasteiger charge is 2.35. The number of nitrogens with zero attached hydrogens (tertiary/aromatic N) is 3. The van der Waals surface area contributed by atoms with Crippen LogP contribution < -0.4 is 25.2 Å². The number of hydrogen-bond acceptors (Lipinski definition) is 7. The van der Waals surface area contributed by atoms with E-state index in [0.717, 1.165) is 59.7 Å². The first-order valence-corrected chi connectivity index (χ1v) is 12.1. The average molecular weight is 442 g/mol. The van der Waals surface area contributed by atoms with Gasteiger partial charge < -0.3 is 25.2 Å². The number of thiazole rings is 1. The Morgan fingerprint density at radius 2 is 2.13 bits per heavy atom. The fraction of sp³-hybridized carbons (Fsp3) is 0.565. The zero-order valence-corrected chi connectivity index (χ0v) is 19.3. The number of nitrogens with one attached hydrogen (secondary N) is 2. The summed E-state index contributed by atoms with van der Waals surface area (Å²) in [7, 11) is 0. The van der Waals surface area contributed by atoms with E-state index >= 15 is 0 Å². The highest BCUT2D eigenvalue weighted by molar-refractivity contribution is 7.17. The molecule has 7 nitrogen and oxygen atoms in total. The summed E-state index contributed by atoms with van der Waals surface area (Å²) >= 11 is 1.48. The minimum atomic E-state index is -0.258. The van der Waals surface area contributed by atoms with Crippen LogP contribution in [0.4, 0.5) is 16.5 Å². The van der Waals surface area contributed by atoms with Crippen LogP contribution in [0.2, 0.25) is 0 Å². The van der Waals surface area contributed by atoms with E-state index in [-0.39, 0.29) is 11.4 Å². The number of aromatic nitrogens is 1. The van der Waals surface area contributed by atoms with Gasteiger partial charge in [0, 0.05) is 36.3 Å². The van der Waals surface area contributed by atoms with E-state index in [1.54, 1.807) is 0 Å². The van der Waals surface area contributed by atoms with Crippen molar-refractivity contribution in [2.24, 2.45) is 0 Å². The number of anilines is 3. The smallest absolute Gasteiger partial charge is 0.263 e. The predicted octanol–water partition coefficient (Wildman–Crippen LogP) is 3.32. The maximum absolute atomic E-state index is 12.6. The number of benzene rings is 1. The van der Waals surface area contributed by atoms with Crippen LogP contribution in [0, 0.1) is 0 Å². The van der Waals surface area contributed by atoms with Gasteiger partial charge in [0.15, 0.2) is 5.13 Å². The van der Waals surface area contributed by atoms with E-state index in [1.165, 1.54) is 29.9 Å². The van der Waals surface area contributed by atoms with Gasteiger partial charge >= 0.3 is 0 Å². The third kappa shape index (κ3) is 3.87. The number of amides is 1. The summed E-state index contributed by atoms with van der Waals surface area (Å²) in [6.45, 7) is 10.8. The maximum atomic E-state index is 12.6. The van der Waals surface area contributed by atoms with Gasteiger partial charge in [-0.3, -0.25) is 4.79 Å². The topological polar surface area (TPSA) is 69.7 Å². The third-order valence-electron chi connectivity index (χ3n) is 6.41. The second-order valence-electron chi connectivity index (χ2n) is 9.21. The summed E-state index contributed by atoms with van der Waals surface area (Å²) in [6, 6.07) is 7.10. The first kappa shape index (κ1) is 20.6. The van der Waals surface area contributed by atoms with Crippen molar-refractivity contribution in [3.63, 3.8) is 0 Å². The molecule has 0 spiro atoms. The summed E-state index contributed by atoms with van der Waals surface area (Å²) in [5, 5.41) is 7.41. The Hall–Kier alpha value is -2.32. The summed E-state index contributed by atoms with van der Waals surface area (Å²) in [5.41, 5.74) is 2.89. The summed E-state index contributed by atoms with van der Waals surface area (Å²) in [6.07, 6.45) is 3.09. The molecule has 2 aromatic rings. The molecule has 0 radical (unpaired) electrons. The van der Waals surface area contributed by atoms with Crippen LogP contribution in [-0.4, -0.2) is 55.3 Å². The number of fused-ring (bicyclic) bond motifs is 2. The van der Waals surface area contributed by atoms with Crippen LogP contribution in [0.1, 0.15) is 49.0 Å². The van der Waals surface area contributed by atoms with E-state index in [4.69, 9.17) is 9.72 Å². The standard InChI is InChI=1S/C23H31N5O2S/c1-4-27(15-7-9-24-10-8-15)16-5-6-18-19(13-16)30-12-11-28(18)22-25-17-14-23(2,3)26-21(29)20(17)31-22/h5-6,13,15,24H,4,7-12,14H2,1-3H3,(H,26,29). The number of hydrogen-bond donors (Lipinski definition) is 2. The molecule has 1 aromatic carbocycles. The first-order valence-electron chi connectivity index (χ1n) is 11.3. The molecule has 0 atom stereocenters. The van der Waals surface area contributed by atoms with Crippen molar-refractivity contribution in [2.75, 3.05) is 42.6 Å². The SMILES string of the molecule is CCN(c1ccc2c(c1)OCCN2c1nc2c(s1)C(=O)NC(C)(C)C2)C1CCNCC1. The number of piperidine rings is 1. The minimum absolute atomic E-state index is 0.0145. The molecule has 3 aliphatic rings. The van der Waals surface area contributed by atoms with Gasteiger partial charge in [-0.15, -0.1) is 0 Å². The van der Waals surface area contributed by atoms with Gasteiger partial charge in [0.2, 0.25) is 0 Å². The van der Waals surface area contributed by atoms with Gasteiger partial charge in [0.1, 0.15) is 17.2 Å². The van der Waals surface area contributed by atoms with Crippen LogP contribution in [0.5, 0.6) is 5.75 Å². The molecule has 31 heavy (non-hydrogen) atoms. The molecule has 2 N–H and O–H groups in total. The Kier molecular flexibility index (Phi) is 5.30. The lowest BCUT2D eigenvalue weighted by atomic mass is 9.94. The van der Waals surface area contributed by atoms with Gasteiger partial charge in [-0.2, -0.15) is 0 Å². The lowest BCUT2D eigenvalue weighted by Crippen LogP contribution is -2.48. The highest BCUT2D eigenvalue weighted by atomic mass is 32.1. The highest BCUT2D eigenvalue weighted by Crippen LogP contribution is 2.42. The Morgan fingerprint density at radius 3 is 2.90 bits per heavy atom.